The summed E-state index contributed by atoms with van der Waals surface area (Å²) in [5, 5.41) is 0. The van der Waals surface area contributed by atoms with Crippen LogP contribution >= 0.6 is 0 Å². The molecule has 0 spiro atoms. The summed E-state index contributed by atoms with van der Waals surface area (Å²) in [6.45, 7) is 4.36. The van der Waals surface area contributed by atoms with E-state index in [1.54, 1.807) is 0 Å². The van der Waals surface area contributed by atoms with E-state index >= 15 is 0 Å². The van der Waals surface area contributed by atoms with Crippen LogP contribution in [0.1, 0.15) is 39.5 Å². The predicted octanol–water partition coefficient (Wildman–Crippen LogP) is 1.99. The van der Waals surface area contributed by atoms with Gasteiger partial charge < -0.3 is 4.55 Å². The summed E-state index contributed by atoms with van der Waals surface area (Å²) in [5.41, 5.74) is -0.299. The van der Waals surface area contributed by atoms with Crippen molar-refractivity contribution in [2.24, 2.45) is 16.7 Å². The molecule has 15 heavy (non-hydrogen) atoms. The highest BCUT2D eigenvalue weighted by Gasteiger charge is 2.60. The second kappa shape index (κ2) is 3.39. The summed E-state index contributed by atoms with van der Waals surface area (Å²) >= 11 is -1.85. The number of hydrogen-bond acceptors (Lipinski definition) is 2. The lowest BCUT2D eigenvalue weighted by Gasteiger charge is -2.58. The molecule has 0 aliphatic heterocycles. The molecule has 0 saturated heterocycles. The van der Waals surface area contributed by atoms with Crippen molar-refractivity contribution in [2.75, 3.05) is 5.75 Å². The molecule has 4 heteroatoms. The summed E-state index contributed by atoms with van der Waals surface area (Å²) in [5.74, 6) is 0.697. The van der Waals surface area contributed by atoms with Crippen LogP contribution in [0.3, 0.4) is 0 Å². The van der Waals surface area contributed by atoms with Gasteiger partial charge in [-0.3, -0.25) is 4.79 Å². The number of carbonyl (C=O) groups excluding carboxylic acids is 1. The molecule has 2 saturated carbocycles. The van der Waals surface area contributed by atoms with Crippen molar-refractivity contribution in [3.8, 4) is 0 Å². The first-order chi connectivity index (χ1) is 6.88. The summed E-state index contributed by atoms with van der Waals surface area (Å²) in [6, 6.07) is 0. The van der Waals surface area contributed by atoms with Gasteiger partial charge >= 0.3 is 0 Å². The van der Waals surface area contributed by atoms with E-state index in [9.17, 15) is 9.00 Å². The molecule has 0 heterocycles. The first-order valence-electron chi connectivity index (χ1n) is 5.49. The molecule has 3 nitrogen and oxygen atoms in total. The highest BCUT2D eigenvalue weighted by Crippen LogP contribution is 2.60. The zero-order valence-corrected chi connectivity index (χ0v) is 10.1. The molecule has 2 fully saturated rings. The Labute approximate surface area is 92.9 Å². The highest BCUT2D eigenvalue weighted by atomic mass is 32.2. The van der Waals surface area contributed by atoms with Crippen molar-refractivity contribution >= 4 is 16.9 Å². The molecule has 86 valence electrons. The highest BCUT2D eigenvalue weighted by molar-refractivity contribution is 7.79. The summed E-state index contributed by atoms with van der Waals surface area (Å²) in [6.07, 6.45) is 3.36. The Balaban J connectivity index is 2.28. The van der Waals surface area contributed by atoms with Gasteiger partial charge in [0.2, 0.25) is 0 Å². The minimum Gasteiger partial charge on any atom is -0.306 e. The molecule has 0 aromatic rings. The van der Waals surface area contributed by atoms with Gasteiger partial charge in [0.05, 0.1) is 5.75 Å². The molecule has 0 aromatic heterocycles. The Kier molecular flexibility index (Phi) is 2.54. The van der Waals surface area contributed by atoms with E-state index in [0.717, 1.165) is 19.3 Å². The van der Waals surface area contributed by atoms with Gasteiger partial charge in [0, 0.05) is 11.8 Å². The number of Topliss-reactive ketones (excluding diaryl/α,β-unsaturated/α-hetero) is 1. The van der Waals surface area contributed by atoms with Gasteiger partial charge in [-0.1, -0.05) is 13.8 Å². The zero-order chi connectivity index (χ0) is 11.3. The average molecular weight is 230 g/mol. The Hall–Kier alpha value is -0.220. The number of rotatable bonds is 2. The smallest absolute Gasteiger partial charge is 0.153 e. The van der Waals surface area contributed by atoms with Gasteiger partial charge in [0.25, 0.3) is 0 Å². The third kappa shape index (κ3) is 1.58. The average Bonchev–Trinajstić information content (AvgIpc) is 2.05. The van der Waals surface area contributed by atoms with Crippen LogP contribution in [-0.4, -0.2) is 20.3 Å². The van der Waals surface area contributed by atoms with Gasteiger partial charge in [0.1, 0.15) is 5.78 Å². The van der Waals surface area contributed by atoms with Gasteiger partial charge in [-0.05, 0) is 30.6 Å². The maximum atomic E-state index is 12.0. The largest absolute Gasteiger partial charge is 0.306 e. The maximum absolute atomic E-state index is 12.0. The first kappa shape index (κ1) is 11.3. The molecule has 1 N–H and O–H groups in total. The van der Waals surface area contributed by atoms with Crippen molar-refractivity contribution in [3.05, 3.63) is 0 Å². The summed E-state index contributed by atoms with van der Waals surface area (Å²) in [4.78, 5) is 12.0. The third-order valence-corrected chi connectivity index (χ3v) is 5.18. The van der Waals surface area contributed by atoms with Crippen molar-refractivity contribution < 1.29 is 13.6 Å². The van der Waals surface area contributed by atoms with Crippen molar-refractivity contribution in [1.29, 1.82) is 0 Å². The number of fused-ring (bicyclic) bond motifs is 1. The minimum absolute atomic E-state index is 0.153. The van der Waals surface area contributed by atoms with Crippen molar-refractivity contribution in [1.82, 2.24) is 0 Å². The Morgan fingerprint density at radius 3 is 2.60 bits per heavy atom. The second-order valence-corrected chi connectivity index (χ2v) is 6.56. The van der Waals surface area contributed by atoms with Crippen LogP contribution < -0.4 is 0 Å². The van der Waals surface area contributed by atoms with Crippen LogP contribution in [0.4, 0.5) is 0 Å². The first-order valence-corrected chi connectivity index (χ1v) is 6.77. The van der Waals surface area contributed by atoms with E-state index in [2.05, 4.69) is 13.8 Å². The SMILES string of the molecule is CC1(C)CCC(=O)[C@]2(CS(=O)O)CCC12. The normalized spacial score (nSPS) is 40.5. The van der Waals surface area contributed by atoms with Crippen LogP contribution in [0, 0.1) is 16.7 Å². The quantitative estimate of drug-likeness (QED) is 0.738. The van der Waals surface area contributed by atoms with Gasteiger partial charge in [-0.2, -0.15) is 0 Å². The van der Waals surface area contributed by atoms with Crippen LogP contribution in [-0.2, 0) is 15.9 Å². The third-order valence-electron chi connectivity index (χ3n) is 4.42. The predicted molar refractivity (Wildman–Crippen MR) is 58.8 cm³/mol. The Morgan fingerprint density at radius 1 is 1.47 bits per heavy atom. The van der Waals surface area contributed by atoms with E-state index in [1.165, 1.54) is 0 Å². The van der Waals surface area contributed by atoms with E-state index in [1.807, 2.05) is 0 Å². The van der Waals surface area contributed by atoms with Crippen LogP contribution in [0.15, 0.2) is 0 Å². The Bertz CT molecular complexity index is 324. The Morgan fingerprint density at radius 2 is 2.13 bits per heavy atom. The standard InChI is InChI=1S/C11H18O3S/c1-10(2)5-4-9(12)11(7-15(13)14)6-3-8(10)11/h8H,3-7H2,1-2H3,(H,13,14)/t8?,11-/m0/s1. The minimum atomic E-state index is -1.85. The van der Waals surface area contributed by atoms with E-state index < -0.39 is 16.5 Å². The maximum Gasteiger partial charge on any atom is 0.153 e. The molecule has 2 unspecified atom stereocenters. The lowest BCUT2D eigenvalue weighted by atomic mass is 9.46. The fourth-order valence-electron chi connectivity index (χ4n) is 3.44. The van der Waals surface area contributed by atoms with E-state index in [-0.39, 0.29) is 17.0 Å². The molecule has 3 atom stereocenters. The summed E-state index contributed by atoms with van der Waals surface area (Å²) in [7, 11) is 0. The molecule has 0 amide bonds. The van der Waals surface area contributed by atoms with Crippen LogP contribution in [0.2, 0.25) is 0 Å². The number of hydrogen-bond donors (Lipinski definition) is 1. The lowest BCUT2D eigenvalue weighted by Crippen LogP contribution is -2.58. The van der Waals surface area contributed by atoms with Gasteiger partial charge in [0.15, 0.2) is 11.1 Å². The van der Waals surface area contributed by atoms with Crippen LogP contribution in [0.5, 0.6) is 0 Å². The van der Waals surface area contributed by atoms with Gasteiger partial charge in [-0.25, -0.2) is 4.21 Å². The van der Waals surface area contributed by atoms with Crippen molar-refractivity contribution in [3.63, 3.8) is 0 Å². The molecule has 0 aromatic carbocycles. The van der Waals surface area contributed by atoms with E-state index in [0.29, 0.717) is 12.3 Å². The number of ketones is 1. The monoisotopic (exact) mass is 230 g/mol. The lowest BCUT2D eigenvalue weighted by molar-refractivity contribution is -0.153. The van der Waals surface area contributed by atoms with Crippen molar-refractivity contribution in [2.45, 2.75) is 39.5 Å². The summed E-state index contributed by atoms with van der Waals surface area (Å²) < 4.78 is 20.0. The molecule has 2 rings (SSSR count). The molecule has 0 radical (unpaired) electrons. The van der Waals surface area contributed by atoms with Crippen LogP contribution in [0.25, 0.3) is 0 Å². The fraction of sp³-hybridized carbons (Fsp3) is 0.909. The van der Waals surface area contributed by atoms with Gasteiger partial charge in [-0.15, -0.1) is 0 Å². The molecular formula is C11H18O3S. The topological polar surface area (TPSA) is 54.4 Å². The molecular weight excluding hydrogens is 212 g/mol. The molecule has 2 aliphatic carbocycles. The fourth-order valence-corrected chi connectivity index (χ4v) is 4.39. The second-order valence-electron chi connectivity index (χ2n) is 5.62. The molecule has 0 bridgehead atoms. The number of carbonyl (C=O) groups is 1. The van der Waals surface area contributed by atoms with E-state index in [4.69, 9.17) is 4.55 Å². The molecule has 2 aliphatic rings. The zero-order valence-electron chi connectivity index (χ0n) is 9.28.